The maximum Gasteiger partial charge on any atom is 0.211 e. The summed E-state index contributed by atoms with van der Waals surface area (Å²) in [6, 6.07) is 0. The van der Waals surface area contributed by atoms with Crippen LogP contribution in [0.15, 0.2) is 10.2 Å². The van der Waals surface area contributed by atoms with E-state index in [1.54, 1.807) is 0 Å². The Kier molecular flexibility index (Phi) is 5.72. The van der Waals surface area contributed by atoms with E-state index in [2.05, 4.69) is 10.2 Å². The molecule has 0 aliphatic heterocycles. The molecule has 0 unspecified atom stereocenters. The van der Waals surface area contributed by atoms with E-state index in [9.17, 15) is 0 Å². The van der Waals surface area contributed by atoms with Gasteiger partial charge in [0.2, 0.25) is 5.96 Å². The average molecular weight is 206 g/mol. The molecule has 0 bridgehead atoms. The zero-order valence-corrected chi connectivity index (χ0v) is 7.35. The van der Waals surface area contributed by atoms with Gasteiger partial charge >= 0.3 is 0 Å². The van der Waals surface area contributed by atoms with E-state index < -0.39 is 24.9 Å². The molecule has 8 nitrogen and oxygen atoms in total. The molecule has 14 heavy (non-hydrogen) atoms. The highest BCUT2D eigenvalue weighted by atomic mass is 16.4. The molecule has 0 amide bonds. The molecule has 0 rings (SSSR count). The largest absolute Gasteiger partial charge is 0.394 e. The molecule has 0 aromatic rings. The summed E-state index contributed by atoms with van der Waals surface area (Å²) in [5, 5.41) is 41.9. The minimum Gasteiger partial charge on any atom is -0.394 e. The molecular formula is C6H14N4O4. The molecule has 8 heteroatoms. The van der Waals surface area contributed by atoms with Crippen LogP contribution in [0.1, 0.15) is 0 Å². The van der Waals surface area contributed by atoms with Gasteiger partial charge in [-0.2, -0.15) is 5.10 Å². The number of aliphatic hydroxyl groups is 4. The van der Waals surface area contributed by atoms with Gasteiger partial charge in [-0.25, -0.2) is 0 Å². The number of nitrogens with two attached hydrogens (primary N) is 2. The first kappa shape index (κ1) is 12.8. The molecule has 3 atom stereocenters. The van der Waals surface area contributed by atoms with E-state index in [1.807, 2.05) is 0 Å². The third-order valence-electron chi connectivity index (χ3n) is 1.32. The maximum absolute atomic E-state index is 9.11. The van der Waals surface area contributed by atoms with Gasteiger partial charge in [-0.15, -0.1) is 5.10 Å². The first-order valence-corrected chi connectivity index (χ1v) is 3.76. The lowest BCUT2D eigenvalue weighted by Gasteiger charge is -2.17. The van der Waals surface area contributed by atoms with Crippen molar-refractivity contribution < 1.29 is 20.4 Å². The highest BCUT2D eigenvalue weighted by molar-refractivity contribution is 5.76. The van der Waals surface area contributed by atoms with Crippen molar-refractivity contribution in [3.63, 3.8) is 0 Å². The van der Waals surface area contributed by atoms with Crippen molar-refractivity contribution in [1.29, 1.82) is 0 Å². The van der Waals surface area contributed by atoms with Gasteiger partial charge in [0.1, 0.15) is 18.3 Å². The van der Waals surface area contributed by atoms with Gasteiger partial charge in [0, 0.05) is 0 Å². The second-order valence-corrected chi connectivity index (χ2v) is 2.52. The van der Waals surface area contributed by atoms with Crippen molar-refractivity contribution in [2.24, 2.45) is 21.7 Å². The fourth-order valence-corrected chi connectivity index (χ4v) is 0.592. The van der Waals surface area contributed by atoms with Gasteiger partial charge in [0.15, 0.2) is 0 Å². The van der Waals surface area contributed by atoms with Crippen LogP contribution in [-0.4, -0.2) is 57.5 Å². The molecule has 0 saturated heterocycles. The first-order chi connectivity index (χ1) is 6.49. The van der Waals surface area contributed by atoms with E-state index in [0.717, 1.165) is 6.21 Å². The van der Waals surface area contributed by atoms with Crippen molar-refractivity contribution in [3.05, 3.63) is 0 Å². The van der Waals surface area contributed by atoms with Crippen molar-refractivity contribution >= 4 is 12.2 Å². The van der Waals surface area contributed by atoms with Crippen LogP contribution >= 0.6 is 0 Å². The third kappa shape index (κ3) is 4.72. The van der Waals surface area contributed by atoms with Crippen LogP contribution in [0.4, 0.5) is 0 Å². The van der Waals surface area contributed by atoms with Crippen LogP contribution in [0.3, 0.4) is 0 Å². The predicted molar refractivity (Wildman–Crippen MR) is 49.4 cm³/mol. The summed E-state index contributed by atoms with van der Waals surface area (Å²) in [6.07, 6.45) is -3.61. The standard InChI is InChI=1S/C6H14N4O4/c7-6(8)10-9-1-3(12)5(14)4(13)2-11/h1,3-5,11-14H,2H2,(H4,7,8,10)/t3-,4+,5+/m0/s1. The Morgan fingerprint density at radius 2 is 1.86 bits per heavy atom. The SMILES string of the molecule is NC(N)=NN=C[C@H](O)[C@@H](O)[C@H](O)CO. The minimum absolute atomic E-state index is 0.300. The Labute approximate surface area is 80.2 Å². The fourth-order valence-electron chi connectivity index (χ4n) is 0.592. The topological polar surface area (TPSA) is 158 Å². The second-order valence-electron chi connectivity index (χ2n) is 2.52. The molecule has 0 aromatic heterocycles. The van der Waals surface area contributed by atoms with E-state index in [4.69, 9.17) is 31.9 Å². The molecule has 0 aliphatic carbocycles. The number of rotatable bonds is 5. The lowest BCUT2D eigenvalue weighted by atomic mass is 10.1. The van der Waals surface area contributed by atoms with Crippen LogP contribution in [0, 0.1) is 0 Å². The van der Waals surface area contributed by atoms with E-state index in [1.165, 1.54) is 0 Å². The maximum atomic E-state index is 9.11. The van der Waals surface area contributed by atoms with E-state index in [-0.39, 0.29) is 5.96 Å². The zero-order valence-electron chi connectivity index (χ0n) is 7.35. The molecule has 8 N–H and O–H groups in total. The first-order valence-electron chi connectivity index (χ1n) is 3.76. The molecule has 0 radical (unpaired) electrons. The quantitative estimate of drug-likeness (QED) is 0.154. The molecule has 0 aliphatic rings. The van der Waals surface area contributed by atoms with Crippen LogP contribution in [-0.2, 0) is 0 Å². The lowest BCUT2D eigenvalue weighted by molar-refractivity contribution is -0.0541. The van der Waals surface area contributed by atoms with Crippen molar-refractivity contribution in [2.45, 2.75) is 18.3 Å². The van der Waals surface area contributed by atoms with Crippen molar-refractivity contribution in [2.75, 3.05) is 6.61 Å². The predicted octanol–water partition coefficient (Wildman–Crippen LogP) is -3.68. The molecule has 0 heterocycles. The van der Waals surface area contributed by atoms with Gasteiger partial charge in [0.05, 0.1) is 12.8 Å². The fraction of sp³-hybridized carbons (Fsp3) is 0.667. The highest BCUT2D eigenvalue weighted by Crippen LogP contribution is 1.97. The summed E-state index contributed by atoms with van der Waals surface area (Å²) in [7, 11) is 0. The minimum atomic E-state index is -1.54. The number of nitrogens with zero attached hydrogens (tertiary/aromatic N) is 2. The van der Waals surface area contributed by atoms with Gasteiger partial charge in [0.25, 0.3) is 0 Å². The summed E-state index contributed by atoms with van der Waals surface area (Å²) in [5.74, 6) is -0.300. The number of hydrogen-bond donors (Lipinski definition) is 6. The summed E-state index contributed by atoms with van der Waals surface area (Å²) < 4.78 is 0. The summed E-state index contributed by atoms with van der Waals surface area (Å²) in [6.45, 7) is -0.672. The Bertz CT molecular complexity index is 216. The molecular weight excluding hydrogens is 192 g/mol. The molecule has 0 saturated carbocycles. The number of guanidine groups is 1. The smallest absolute Gasteiger partial charge is 0.211 e. The lowest BCUT2D eigenvalue weighted by Crippen LogP contribution is -2.40. The van der Waals surface area contributed by atoms with Gasteiger partial charge in [-0.3, -0.25) is 0 Å². The Morgan fingerprint density at radius 1 is 1.29 bits per heavy atom. The normalized spacial score (nSPS) is 17.7. The number of hydrogen-bond acceptors (Lipinski definition) is 6. The third-order valence-corrected chi connectivity index (χ3v) is 1.32. The van der Waals surface area contributed by atoms with Gasteiger partial charge in [-0.05, 0) is 0 Å². The molecule has 0 fully saturated rings. The van der Waals surface area contributed by atoms with Crippen molar-refractivity contribution in [1.82, 2.24) is 0 Å². The van der Waals surface area contributed by atoms with Crippen LogP contribution in [0.5, 0.6) is 0 Å². The van der Waals surface area contributed by atoms with Gasteiger partial charge < -0.3 is 31.9 Å². The van der Waals surface area contributed by atoms with Gasteiger partial charge in [-0.1, -0.05) is 0 Å². The highest BCUT2D eigenvalue weighted by Gasteiger charge is 2.22. The summed E-state index contributed by atoms with van der Waals surface area (Å²) in [5.41, 5.74) is 9.84. The van der Waals surface area contributed by atoms with Crippen LogP contribution in [0.25, 0.3) is 0 Å². The Hall–Kier alpha value is -1.22. The molecule has 82 valence electrons. The Morgan fingerprint density at radius 3 is 2.29 bits per heavy atom. The van der Waals surface area contributed by atoms with Crippen molar-refractivity contribution in [3.8, 4) is 0 Å². The van der Waals surface area contributed by atoms with E-state index >= 15 is 0 Å². The monoisotopic (exact) mass is 206 g/mol. The zero-order chi connectivity index (χ0) is 11.1. The van der Waals surface area contributed by atoms with Crippen LogP contribution < -0.4 is 11.5 Å². The Balaban J connectivity index is 4.13. The average Bonchev–Trinajstić information content (AvgIpc) is 2.14. The van der Waals surface area contributed by atoms with Crippen LogP contribution in [0.2, 0.25) is 0 Å². The summed E-state index contributed by atoms with van der Waals surface area (Å²) in [4.78, 5) is 0. The molecule has 0 spiro atoms. The molecule has 0 aromatic carbocycles. The number of aliphatic hydroxyl groups excluding tert-OH is 4. The summed E-state index contributed by atoms with van der Waals surface area (Å²) >= 11 is 0. The second kappa shape index (κ2) is 6.27. The van der Waals surface area contributed by atoms with E-state index in [0.29, 0.717) is 0 Å².